The maximum atomic E-state index is 13.1. The number of rotatable bonds is 2. The van der Waals surface area contributed by atoms with Gasteiger partial charge in [-0.1, -0.05) is 28.1 Å². The van der Waals surface area contributed by atoms with Crippen molar-refractivity contribution in [2.45, 2.75) is 6.42 Å². The molecule has 0 aliphatic heterocycles. The summed E-state index contributed by atoms with van der Waals surface area (Å²) in [5.74, 6) is -0.209. The van der Waals surface area contributed by atoms with Crippen LogP contribution in [0.25, 0.3) is 5.65 Å². The molecule has 0 aliphatic rings. The lowest BCUT2D eigenvalue weighted by molar-refractivity contribution is 0.626. The summed E-state index contributed by atoms with van der Waals surface area (Å²) in [5.41, 5.74) is 2.74. The number of imidazole rings is 1. The number of hydrogen-bond acceptors (Lipinski definition) is 1. The number of hydrogen-bond donors (Lipinski definition) is 0. The van der Waals surface area contributed by atoms with Crippen LogP contribution in [-0.4, -0.2) is 9.38 Å². The number of halogens is 2. The fraction of sp³-hybridized carbons (Fsp3) is 0.0714. The van der Waals surface area contributed by atoms with Crippen LogP contribution in [0.4, 0.5) is 4.39 Å². The molecule has 18 heavy (non-hydrogen) atoms. The first-order valence-corrected chi connectivity index (χ1v) is 6.37. The van der Waals surface area contributed by atoms with Gasteiger partial charge in [0.15, 0.2) is 0 Å². The van der Waals surface area contributed by atoms with Gasteiger partial charge in [0.1, 0.15) is 11.5 Å². The van der Waals surface area contributed by atoms with Crippen molar-refractivity contribution in [3.8, 4) is 0 Å². The molecule has 3 rings (SSSR count). The van der Waals surface area contributed by atoms with Crippen molar-refractivity contribution in [2.75, 3.05) is 0 Å². The standard InChI is InChI=1S/C14H10BrFN2/c15-11-4-5-18-9-13(17-14(18)8-11)7-10-2-1-3-12(16)6-10/h1-6,8-9H,7H2. The Labute approximate surface area is 112 Å². The molecule has 0 N–H and O–H groups in total. The summed E-state index contributed by atoms with van der Waals surface area (Å²) in [6.45, 7) is 0. The Morgan fingerprint density at radius 3 is 2.94 bits per heavy atom. The van der Waals surface area contributed by atoms with Crippen LogP contribution in [0.5, 0.6) is 0 Å². The van der Waals surface area contributed by atoms with Gasteiger partial charge in [-0.25, -0.2) is 9.37 Å². The molecule has 90 valence electrons. The first kappa shape index (κ1) is 11.4. The van der Waals surface area contributed by atoms with Crippen molar-refractivity contribution in [3.05, 3.63) is 70.3 Å². The topological polar surface area (TPSA) is 17.3 Å². The molecule has 0 fully saturated rings. The third-order valence-electron chi connectivity index (χ3n) is 2.75. The lowest BCUT2D eigenvalue weighted by Gasteiger charge is -1.97. The van der Waals surface area contributed by atoms with E-state index in [2.05, 4.69) is 20.9 Å². The van der Waals surface area contributed by atoms with Gasteiger partial charge in [0.25, 0.3) is 0 Å². The summed E-state index contributed by atoms with van der Waals surface area (Å²) in [6.07, 6.45) is 4.55. The van der Waals surface area contributed by atoms with E-state index in [-0.39, 0.29) is 5.82 Å². The third kappa shape index (κ3) is 2.29. The molecule has 1 aromatic carbocycles. The smallest absolute Gasteiger partial charge is 0.138 e. The van der Waals surface area contributed by atoms with Gasteiger partial charge in [0.2, 0.25) is 0 Å². The van der Waals surface area contributed by atoms with Crippen molar-refractivity contribution in [1.29, 1.82) is 0 Å². The van der Waals surface area contributed by atoms with E-state index in [0.29, 0.717) is 6.42 Å². The van der Waals surface area contributed by atoms with Crippen molar-refractivity contribution in [1.82, 2.24) is 9.38 Å². The molecule has 4 heteroatoms. The van der Waals surface area contributed by atoms with E-state index in [4.69, 9.17) is 0 Å². The normalized spacial score (nSPS) is 11.0. The van der Waals surface area contributed by atoms with E-state index in [0.717, 1.165) is 21.4 Å². The summed E-state index contributed by atoms with van der Waals surface area (Å²) in [6, 6.07) is 10.5. The summed E-state index contributed by atoms with van der Waals surface area (Å²) in [5, 5.41) is 0. The van der Waals surface area contributed by atoms with E-state index in [1.165, 1.54) is 6.07 Å². The molecule has 2 aromatic heterocycles. The van der Waals surface area contributed by atoms with E-state index in [1.54, 1.807) is 12.1 Å². The predicted octanol–water partition coefficient (Wildman–Crippen LogP) is 3.83. The number of aromatic nitrogens is 2. The van der Waals surface area contributed by atoms with Crippen LogP contribution in [0.1, 0.15) is 11.3 Å². The van der Waals surface area contributed by atoms with Crippen LogP contribution in [0.3, 0.4) is 0 Å². The maximum Gasteiger partial charge on any atom is 0.138 e. The predicted molar refractivity (Wildman–Crippen MR) is 72.1 cm³/mol. The zero-order valence-corrected chi connectivity index (χ0v) is 11.1. The molecule has 0 bridgehead atoms. The first-order valence-electron chi connectivity index (χ1n) is 5.58. The molecule has 0 unspecified atom stereocenters. The van der Waals surface area contributed by atoms with Crippen LogP contribution in [0.2, 0.25) is 0 Å². The minimum atomic E-state index is -0.209. The molecule has 3 aromatic rings. The van der Waals surface area contributed by atoms with Gasteiger partial charge in [-0.05, 0) is 29.8 Å². The average molecular weight is 305 g/mol. The number of benzene rings is 1. The Bertz CT molecular complexity index is 706. The Morgan fingerprint density at radius 2 is 2.11 bits per heavy atom. The zero-order chi connectivity index (χ0) is 12.5. The molecule has 0 spiro atoms. The quantitative estimate of drug-likeness (QED) is 0.703. The lowest BCUT2D eigenvalue weighted by atomic mass is 10.1. The Balaban J connectivity index is 1.95. The molecule has 0 saturated heterocycles. The molecule has 2 nitrogen and oxygen atoms in total. The van der Waals surface area contributed by atoms with Crippen LogP contribution in [-0.2, 0) is 6.42 Å². The zero-order valence-electron chi connectivity index (χ0n) is 9.48. The Kier molecular flexibility index (Phi) is 2.88. The average Bonchev–Trinajstić information content (AvgIpc) is 2.70. The maximum absolute atomic E-state index is 13.1. The van der Waals surface area contributed by atoms with Gasteiger partial charge in [-0.15, -0.1) is 0 Å². The van der Waals surface area contributed by atoms with Crippen LogP contribution >= 0.6 is 15.9 Å². The van der Waals surface area contributed by atoms with Gasteiger partial charge >= 0.3 is 0 Å². The molecular formula is C14H10BrFN2. The molecular weight excluding hydrogens is 295 g/mol. The molecule has 0 aliphatic carbocycles. The minimum Gasteiger partial charge on any atom is -0.307 e. The summed E-state index contributed by atoms with van der Waals surface area (Å²) < 4.78 is 16.1. The van der Waals surface area contributed by atoms with Crippen LogP contribution < -0.4 is 0 Å². The van der Waals surface area contributed by atoms with E-state index in [1.807, 2.05) is 35.0 Å². The lowest BCUT2D eigenvalue weighted by Crippen LogP contribution is -1.88. The SMILES string of the molecule is Fc1cccc(Cc2cn3ccc(Br)cc3n2)c1. The Hall–Kier alpha value is -1.68. The van der Waals surface area contributed by atoms with Crippen molar-refractivity contribution in [3.63, 3.8) is 0 Å². The summed E-state index contributed by atoms with van der Waals surface area (Å²) in [7, 11) is 0. The molecule has 2 heterocycles. The molecule has 0 amide bonds. The fourth-order valence-electron chi connectivity index (χ4n) is 1.95. The number of nitrogens with zero attached hydrogens (tertiary/aromatic N) is 2. The summed E-state index contributed by atoms with van der Waals surface area (Å²) in [4.78, 5) is 4.51. The van der Waals surface area contributed by atoms with Crippen LogP contribution in [0, 0.1) is 5.82 Å². The molecule has 0 radical (unpaired) electrons. The highest BCUT2D eigenvalue weighted by molar-refractivity contribution is 9.10. The third-order valence-corrected chi connectivity index (χ3v) is 3.24. The van der Waals surface area contributed by atoms with Crippen molar-refractivity contribution in [2.24, 2.45) is 0 Å². The van der Waals surface area contributed by atoms with Crippen molar-refractivity contribution >= 4 is 21.6 Å². The highest BCUT2D eigenvalue weighted by atomic mass is 79.9. The largest absolute Gasteiger partial charge is 0.307 e. The van der Waals surface area contributed by atoms with E-state index >= 15 is 0 Å². The highest BCUT2D eigenvalue weighted by Gasteiger charge is 2.04. The van der Waals surface area contributed by atoms with Gasteiger partial charge < -0.3 is 4.40 Å². The second-order valence-electron chi connectivity index (χ2n) is 4.15. The van der Waals surface area contributed by atoms with Crippen molar-refractivity contribution < 1.29 is 4.39 Å². The highest BCUT2D eigenvalue weighted by Crippen LogP contribution is 2.15. The number of pyridine rings is 1. The van der Waals surface area contributed by atoms with E-state index < -0.39 is 0 Å². The monoisotopic (exact) mass is 304 g/mol. The summed E-state index contributed by atoms with van der Waals surface area (Å²) >= 11 is 3.42. The second-order valence-corrected chi connectivity index (χ2v) is 5.07. The van der Waals surface area contributed by atoms with Gasteiger partial charge in [0, 0.05) is 23.3 Å². The van der Waals surface area contributed by atoms with Crippen LogP contribution in [0.15, 0.2) is 53.3 Å². The second kappa shape index (κ2) is 4.53. The number of fused-ring (bicyclic) bond motifs is 1. The van der Waals surface area contributed by atoms with E-state index in [9.17, 15) is 4.39 Å². The minimum absolute atomic E-state index is 0.209. The fourth-order valence-corrected chi connectivity index (χ4v) is 2.27. The molecule has 0 atom stereocenters. The first-order chi connectivity index (χ1) is 8.70. The Morgan fingerprint density at radius 1 is 1.22 bits per heavy atom. The molecule has 0 saturated carbocycles. The van der Waals surface area contributed by atoms with Gasteiger partial charge in [0.05, 0.1) is 5.69 Å². The van der Waals surface area contributed by atoms with Gasteiger partial charge in [-0.2, -0.15) is 0 Å². The van der Waals surface area contributed by atoms with Gasteiger partial charge in [-0.3, -0.25) is 0 Å².